The molecule has 1 heterocycles. The molecule has 0 saturated carbocycles. The first kappa shape index (κ1) is 12.4. The first-order valence-corrected chi connectivity index (χ1v) is 6.40. The number of carbonyl (C=O) groups excluding carboxylic acids is 1. The Balaban J connectivity index is 2.24. The van der Waals surface area contributed by atoms with E-state index in [2.05, 4.69) is 0 Å². The van der Waals surface area contributed by atoms with Crippen LogP contribution in [0.3, 0.4) is 0 Å². The average molecular weight is 255 g/mol. The van der Waals surface area contributed by atoms with Crippen molar-refractivity contribution in [2.24, 2.45) is 0 Å². The number of hydrogen-bond donors (Lipinski definition) is 1. The summed E-state index contributed by atoms with van der Waals surface area (Å²) in [5.74, 6) is -0.261. The van der Waals surface area contributed by atoms with Gasteiger partial charge in [0.25, 0.3) is 0 Å². The van der Waals surface area contributed by atoms with Crippen LogP contribution in [0.25, 0.3) is 0 Å². The molecule has 2 rings (SSSR count). The third kappa shape index (κ3) is 2.45. The van der Waals surface area contributed by atoms with Crippen molar-refractivity contribution < 1.29 is 14.3 Å². The highest BCUT2D eigenvalue weighted by molar-refractivity contribution is 8.01. The Morgan fingerprint density at radius 3 is 2.65 bits per heavy atom. The number of carbonyl (C=O) groups is 1. The van der Waals surface area contributed by atoms with Crippen molar-refractivity contribution in [1.29, 1.82) is 0 Å². The maximum Gasteiger partial charge on any atom is 0.236 e. The van der Waals surface area contributed by atoms with E-state index < -0.39 is 0 Å². The molecule has 2 unspecified atom stereocenters. The van der Waals surface area contributed by atoms with Gasteiger partial charge in [-0.1, -0.05) is 12.1 Å². The second-order valence-electron chi connectivity index (χ2n) is 3.94. The van der Waals surface area contributed by atoms with E-state index in [0.29, 0.717) is 6.54 Å². The predicted octanol–water partition coefficient (Wildman–Crippen LogP) is 1.78. The van der Waals surface area contributed by atoms with Gasteiger partial charge in [0.1, 0.15) is 11.2 Å². The van der Waals surface area contributed by atoms with Gasteiger partial charge < -0.3 is 10.0 Å². The van der Waals surface area contributed by atoms with Crippen LogP contribution in [-0.2, 0) is 4.79 Å². The largest absolute Gasteiger partial charge is 0.395 e. The fraction of sp³-hybridized carbons (Fsp3) is 0.417. The molecule has 1 aromatic carbocycles. The van der Waals surface area contributed by atoms with Crippen LogP contribution in [0.5, 0.6) is 0 Å². The van der Waals surface area contributed by atoms with Crippen molar-refractivity contribution in [1.82, 2.24) is 4.90 Å². The van der Waals surface area contributed by atoms with E-state index in [1.165, 1.54) is 23.9 Å². The number of hydrogen-bond acceptors (Lipinski definition) is 3. The molecule has 0 aromatic heterocycles. The van der Waals surface area contributed by atoms with Crippen molar-refractivity contribution in [3.63, 3.8) is 0 Å². The van der Waals surface area contributed by atoms with Gasteiger partial charge in [-0.15, -0.1) is 11.8 Å². The zero-order valence-electron chi connectivity index (χ0n) is 9.47. The normalized spacial score (nSPS) is 24.4. The van der Waals surface area contributed by atoms with Crippen molar-refractivity contribution in [3.05, 3.63) is 35.6 Å². The molecule has 1 fully saturated rings. The Kier molecular flexibility index (Phi) is 3.69. The smallest absolute Gasteiger partial charge is 0.236 e. The number of rotatable bonds is 3. The number of aliphatic hydroxyl groups is 1. The lowest BCUT2D eigenvalue weighted by molar-refractivity contribution is -0.130. The van der Waals surface area contributed by atoms with E-state index in [1.54, 1.807) is 17.0 Å². The summed E-state index contributed by atoms with van der Waals surface area (Å²) in [7, 11) is 0. The molecule has 0 aliphatic carbocycles. The summed E-state index contributed by atoms with van der Waals surface area (Å²) >= 11 is 1.52. The highest BCUT2D eigenvalue weighted by Crippen LogP contribution is 2.42. The van der Waals surface area contributed by atoms with Crippen LogP contribution in [0.15, 0.2) is 24.3 Å². The summed E-state index contributed by atoms with van der Waals surface area (Å²) in [5, 5.41) is 8.74. The molecule has 1 aliphatic heterocycles. The second kappa shape index (κ2) is 5.06. The third-order valence-electron chi connectivity index (χ3n) is 2.74. The van der Waals surface area contributed by atoms with Crippen molar-refractivity contribution in [2.45, 2.75) is 17.5 Å². The van der Waals surface area contributed by atoms with Crippen LogP contribution in [0, 0.1) is 5.82 Å². The van der Waals surface area contributed by atoms with Gasteiger partial charge in [0.2, 0.25) is 5.91 Å². The third-order valence-corrected chi connectivity index (χ3v) is 4.14. The summed E-state index contributed by atoms with van der Waals surface area (Å²) in [6.07, 6.45) is 0. The van der Waals surface area contributed by atoms with Gasteiger partial charge in [0.05, 0.1) is 11.9 Å². The quantitative estimate of drug-likeness (QED) is 0.895. The molecule has 0 spiro atoms. The van der Waals surface area contributed by atoms with E-state index >= 15 is 0 Å². The summed E-state index contributed by atoms with van der Waals surface area (Å²) in [6.45, 7) is 2.11. The van der Waals surface area contributed by atoms with Gasteiger partial charge >= 0.3 is 0 Å². The van der Waals surface area contributed by atoms with E-state index in [4.69, 9.17) is 5.11 Å². The van der Waals surface area contributed by atoms with Crippen molar-refractivity contribution in [2.75, 3.05) is 13.2 Å². The molecule has 5 heteroatoms. The summed E-state index contributed by atoms with van der Waals surface area (Å²) in [4.78, 5) is 13.5. The highest BCUT2D eigenvalue weighted by Gasteiger charge is 2.37. The number of aliphatic hydroxyl groups excluding tert-OH is 1. The Labute approximate surface area is 104 Å². The average Bonchev–Trinajstić information content (AvgIpc) is 2.59. The topological polar surface area (TPSA) is 40.5 Å². The van der Waals surface area contributed by atoms with Crippen LogP contribution >= 0.6 is 11.8 Å². The number of halogens is 1. The number of amides is 1. The Morgan fingerprint density at radius 1 is 1.41 bits per heavy atom. The standard InChI is InChI=1S/C12H14FNO2S/c1-8-11(16)14(6-7-15)12(17-8)9-2-4-10(13)5-3-9/h2-5,8,12,15H,6-7H2,1H3. The lowest BCUT2D eigenvalue weighted by Gasteiger charge is -2.23. The number of benzene rings is 1. The molecule has 0 radical (unpaired) electrons. The SMILES string of the molecule is CC1SC(c2ccc(F)cc2)N(CCO)C1=O. The molecule has 17 heavy (non-hydrogen) atoms. The molecule has 2 atom stereocenters. The van der Waals surface area contributed by atoms with E-state index in [9.17, 15) is 9.18 Å². The lowest BCUT2D eigenvalue weighted by atomic mass is 10.2. The molecule has 1 saturated heterocycles. The summed E-state index contributed by atoms with van der Waals surface area (Å²) in [6, 6.07) is 6.15. The highest BCUT2D eigenvalue weighted by atomic mass is 32.2. The summed E-state index contributed by atoms with van der Waals surface area (Å²) in [5.41, 5.74) is 0.891. The van der Waals surface area contributed by atoms with E-state index in [0.717, 1.165) is 5.56 Å². The Hall–Kier alpha value is -1.07. The van der Waals surface area contributed by atoms with Crippen molar-refractivity contribution in [3.8, 4) is 0 Å². The minimum atomic E-state index is -0.287. The first-order valence-electron chi connectivity index (χ1n) is 5.45. The van der Waals surface area contributed by atoms with Crippen molar-refractivity contribution >= 4 is 17.7 Å². The zero-order valence-corrected chi connectivity index (χ0v) is 10.3. The van der Waals surface area contributed by atoms with E-state index in [-0.39, 0.29) is 29.0 Å². The molecular weight excluding hydrogens is 241 g/mol. The fourth-order valence-corrected chi connectivity index (χ4v) is 3.20. The number of nitrogens with zero attached hydrogens (tertiary/aromatic N) is 1. The fourth-order valence-electron chi connectivity index (χ4n) is 1.90. The molecule has 3 nitrogen and oxygen atoms in total. The maximum atomic E-state index is 12.8. The molecule has 1 aromatic rings. The second-order valence-corrected chi connectivity index (χ2v) is 5.36. The van der Waals surface area contributed by atoms with Crippen LogP contribution in [0.2, 0.25) is 0 Å². The van der Waals surface area contributed by atoms with Crippen LogP contribution < -0.4 is 0 Å². The molecule has 1 aliphatic rings. The van der Waals surface area contributed by atoms with Crippen LogP contribution in [0.1, 0.15) is 17.9 Å². The molecule has 92 valence electrons. The minimum Gasteiger partial charge on any atom is -0.395 e. The Bertz CT molecular complexity index is 409. The zero-order chi connectivity index (χ0) is 12.4. The maximum absolute atomic E-state index is 12.8. The molecule has 1 N–H and O–H groups in total. The predicted molar refractivity (Wildman–Crippen MR) is 65.0 cm³/mol. The molecule has 0 bridgehead atoms. The van der Waals surface area contributed by atoms with Gasteiger partial charge in [0.15, 0.2) is 0 Å². The van der Waals surface area contributed by atoms with Crippen LogP contribution in [0.4, 0.5) is 4.39 Å². The minimum absolute atomic E-state index is 0.0263. The molecule has 1 amide bonds. The number of thioether (sulfide) groups is 1. The van der Waals surface area contributed by atoms with Gasteiger partial charge in [-0.3, -0.25) is 4.79 Å². The van der Waals surface area contributed by atoms with Gasteiger partial charge in [0, 0.05) is 6.54 Å². The van der Waals surface area contributed by atoms with E-state index in [1.807, 2.05) is 6.92 Å². The van der Waals surface area contributed by atoms with Gasteiger partial charge in [-0.05, 0) is 24.6 Å². The molecular formula is C12H14FNO2S. The number of β-amino-alcohol motifs (C(OH)–C–C–N with tert-alkyl or cyclic N) is 1. The van der Waals surface area contributed by atoms with Gasteiger partial charge in [-0.2, -0.15) is 0 Å². The lowest BCUT2D eigenvalue weighted by Crippen LogP contribution is -2.32. The monoisotopic (exact) mass is 255 g/mol. The van der Waals surface area contributed by atoms with Gasteiger partial charge in [-0.25, -0.2) is 4.39 Å². The summed E-state index contributed by atoms with van der Waals surface area (Å²) < 4.78 is 12.8. The Morgan fingerprint density at radius 2 is 2.06 bits per heavy atom. The first-order chi connectivity index (χ1) is 8.13. The van der Waals surface area contributed by atoms with Crippen LogP contribution in [-0.4, -0.2) is 34.3 Å².